The third-order valence-electron chi connectivity index (χ3n) is 7.90. The SMILES string of the molecule is CCCCCCCCCC(C)(C)OC(c1ccccc1)(c1ccccc1)C(c1ccccc1)c1ccccc1. The molecule has 0 N–H and O–H groups in total. The van der Waals surface area contributed by atoms with Crippen LogP contribution >= 0.6 is 0 Å². The number of unbranched alkanes of at least 4 members (excludes halogenated alkanes) is 6. The predicted octanol–water partition coefficient (Wildman–Crippen LogP) is 10.7. The molecular weight excluding hydrogens is 472 g/mol. The first kappa shape index (κ1) is 28.8. The molecule has 204 valence electrons. The summed E-state index contributed by atoms with van der Waals surface area (Å²) in [6.07, 6.45) is 10.1. The largest absolute Gasteiger partial charge is 0.359 e. The predicted molar refractivity (Wildman–Crippen MR) is 166 cm³/mol. The molecule has 0 aliphatic heterocycles. The van der Waals surface area contributed by atoms with Gasteiger partial charge in [-0.2, -0.15) is 0 Å². The van der Waals surface area contributed by atoms with Crippen LogP contribution in [0.3, 0.4) is 0 Å². The van der Waals surface area contributed by atoms with Crippen LogP contribution in [0, 0.1) is 0 Å². The summed E-state index contributed by atoms with van der Waals surface area (Å²) in [4.78, 5) is 0. The quantitative estimate of drug-likeness (QED) is 0.142. The molecule has 0 heterocycles. The van der Waals surface area contributed by atoms with Gasteiger partial charge in [0.25, 0.3) is 0 Å². The maximum absolute atomic E-state index is 7.61. The van der Waals surface area contributed by atoms with E-state index < -0.39 is 5.60 Å². The molecule has 4 rings (SSSR count). The van der Waals surface area contributed by atoms with Crippen LogP contribution in [0.25, 0.3) is 0 Å². The van der Waals surface area contributed by atoms with E-state index in [1.54, 1.807) is 0 Å². The van der Waals surface area contributed by atoms with E-state index in [-0.39, 0.29) is 11.5 Å². The Bertz CT molecular complexity index is 1120. The van der Waals surface area contributed by atoms with E-state index in [4.69, 9.17) is 4.74 Å². The van der Waals surface area contributed by atoms with Gasteiger partial charge in [-0.3, -0.25) is 0 Å². The average molecular weight is 519 g/mol. The highest BCUT2D eigenvalue weighted by Crippen LogP contribution is 2.51. The molecule has 39 heavy (non-hydrogen) atoms. The molecule has 0 spiro atoms. The second-order valence-electron chi connectivity index (χ2n) is 11.5. The Labute approximate surface area is 237 Å². The van der Waals surface area contributed by atoms with E-state index in [9.17, 15) is 0 Å². The molecular formula is C38H46O. The van der Waals surface area contributed by atoms with Gasteiger partial charge in [-0.25, -0.2) is 0 Å². The van der Waals surface area contributed by atoms with Crippen LogP contribution in [0.4, 0.5) is 0 Å². The summed E-state index contributed by atoms with van der Waals surface area (Å²) in [7, 11) is 0. The van der Waals surface area contributed by atoms with E-state index in [1.165, 1.54) is 67.2 Å². The molecule has 0 unspecified atom stereocenters. The highest BCUT2D eigenvalue weighted by molar-refractivity contribution is 5.48. The molecule has 0 bridgehead atoms. The molecule has 0 amide bonds. The van der Waals surface area contributed by atoms with Gasteiger partial charge in [0.05, 0.1) is 5.60 Å². The molecule has 0 aliphatic carbocycles. The average Bonchev–Trinajstić information content (AvgIpc) is 2.98. The molecule has 1 heteroatoms. The lowest BCUT2D eigenvalue weighted by molar-refractivity contribution is -0.136. The highest BCUT2D eigenvalue weighted by Gasteiger charge is 2.48. The summed E-state index contributed by atoms with van der Waals surface area (Å²) in [5.74, 6) is -0.0296. The van der Waals surface area contributed by atoms with Crippen molar-refractivity contribution in [3.05, 3.63) is 144 Å². The van der Waals surface area contributed by atoms with Crippen LogP contribution in [0.5, 0.6) is 0 Å². The number of hydrogen-bond donors (Lipinski definition) is 0. The minimum atomic E-state index is -0.712. The van der Waals surface area contributed by atoms with Crippen molar-refractivity contribution in [2.45, 2.75) is 89.3 Å². The summed E-state index contributed by atoms with van der Waals surface area (Å²) >= 11 is 0. The first-order valence-electron chi connectivity index (χ1n) is 15.0. The second-order valence-corrected chi connectivity index (χ2v) is 11.5. The molecule has 0 saturated heterocycles. The number of ether oxygens (including phenoxy) is 1. The van der Waals surface area contributed by atoms with Crippen molar-refractivity contribution in [3.63, 3.8) is 0 Å². The topological polar surface area (TPSA) is 9.23 Å². The summed E-state index contributed by atoms with van der Waals surface area (Å²) in [6.45, 7) is 6.86. The Morgan fingerprint density at radius 2 is 0.897 bits per heavy atom. The van der Waals surface area contributed by atoms with Crippen LogP contribution in [-0.2, 0) is 10.3 Å². The van der Waals surface area contributed by atoms with E-state index in [2.05, 4.69) is 142 Å². The highest BCUT2D eigenvalue weighted by atomic mass is 16.5. The molecule has 0 radical (unpaired) electrons. The van der Waals surface area contributed by atoms with Gasteiger partial charge in [-0.1, -0.05) is 173 Å². The van der Waals surface area contributed by atoms with E-state index >= 15 is 0 Å². The Morgan fingerprint density at radius 1 is 0.513 bits per heavy atom. The van der Waals surface area contributed by atoms with Crippen LogP contribution in [0.1, 0.15) is 100 Å². The lowest BCUT2D eigenvalue weighted by atomic mass is 9.69. The zero-order chi connectivity index (χ0) is 27.4. The van der Waals surface area contributed by atoms with Crippen molar-refractivity contribution in [2.24, 2.45) is 0 Å². The number of benzene rings is 4. The molecule has 0 aromatic heterocycles. The van der Waals surface area contributed by atoms with Crippen molar-refractivity contribution in [3.8, 4) is 0 Å². The van der Waals surface area contributed by atoms with E-state index in [0.717, 1.165) is 6.42 Å². The van der Waals surface area contributed by atoms with Gasteiger partial charge in [0.15, 0.2) is 0 Å². The van der Waals surface area contributed by atoms with Crippen molar-refractivity contribution in [1.29, 1.82) is 0 Å². The van der Waals surface area contributed by atoms with Crippen molar-refractivity contribution < 1.29 is 4.74 Å². The Morgan fingerprint density at radius 3 is 1.33 bits per heavy atom. The lowest BCUT2D eigenvalue weighted by Crippen LogP contribution is -2.45. The summed E-state index contributed by atoms with van der Waals surface area (Å²) in [6, 6.07) is 43.6. The Hall–Kier alpha value is -3.16. The van der Waals surface area contributed by atoms with Gasteiger partial charge in [-0.05, 0) is 42.5 Å². The monoisotopic (exact) mass is 518 g/mol. The summed E-state index contributed by atoms with van der Waals surface area (Å²) in [5.41, 5.74) is 3.83. The van der Waals surface area contributed by atoms with Crippen LogP contribution in [0.2, 0.25) is 0 Å². The van der Waals surface area contributed by atoms with Crippen LogP contribution < -0.4 is 0 Å². The van der Waals surface area contributed by atoms with E-state index in [0.29, 0.717) is 0 Å². The fourth-order valence-electron chi connectivity index (χ4n) is 6.00. The Kier molecular flexibility index (Phi) is 10.6. The van der Waals surface area contributed by atoms with Crippen molar-refractivity contribution in [1.82, 2.24) is 0 Å². The zero-order valence-electron chi connectivity index (χ0n) is 24.2. The fraction of sp³-hybridized carbons (Fsp3) is 0.368. The molecule has 4 aromatic rings. The normalized spacial score (nSPS) is 12.1. The van der Waals surface area contributed by atoms with Gasteiger partial charge in [0.1, 0.15) is 5.60 Å². The third kappa shape index (κ3) is 7.49. The van der Waals surface area contributed by atoms with Gasteiger partial charge in [0, 0.05) is 5.92 Å². The van der Waals surface area contributed by atoms with Crippen molar-refractivity contribution >= 4 is 0 Å². The van der Waals surface area contributed by atoms with Gasteiger partial charge < -0.3 is 4.74 Å². The van der Waals surface area contributed by atoms with Crippen LogP contribution in [0.15, 0.2) is 121 Å². The molecule has 0 atom stereocenters. The smallest absolute Gasteiger partial charge is 0.130 e. The van der Waals surface area contributed by atoms with Gasteiger partial charge in [-0.15, -0.1) is 0 Å². The first-order valence-corrected chi connectivity index (χ1v) is 15.0. The fourth-order valence-corrected chi connectivity index (χ4v) is 6.00. The van der Waals surface area contributed by atoms with Crippen LogP contribution in [-0.4, -0.2) is 5.60 Å². The molecule has 0 saturated carbocycles. The van der Waals surface area contributed by atoms with Gasteiger partial charge in [0.2, 0.25) is 0 Å². The number of rotatable bonds is 15. The molecule has 4 aromatic carbocycles. The maximum Gasteiger partial charge on any atom is 0.130 e. The molecule has 0 aliphatic rings. The zero-order valence-corrected chi connectivity index (χ0v) is 24.2. The minimum absolute atomic E-state index is 0.0296. The first-order chi connectivity index (χ1) is 19.1. The maximum atomic E-state index is 7.61. The number of hydrogen-bond acceptors (Lipinski definition) is 1. The molecule has 1 nitrogen and oxygen atoms in total. The Balaban J connectivity index is 1.81. The third-order valence-corrected chi connectivity index (χ3v) is 7.90. The minimum Gasteiger partial charge on any atom is -0.359 e. The second kappa shape index (κ2) is 14.3. The lowest BCUT2D eigenvalue weighted by Gasteiger charge is -2.47. The molecule has 0 fully saturated rings. The standard InChI is InChI=1S/C38H46O/c1-4-5-6-7-8-9-22-31-37(2,3)39-38(34-27-18-12-19-28-34,35-29-20-13-21-30-35)36(32-23-14-10-15-24-32)33-25-16-11-17-26-33/h10-21,23-30,36H,4-9,22,31H2,1-3H3. The van der Waals surface area contributed by atoms with E-state index in [1.807, 2.05) is 0 Å². The summed E-state index contributed by atoms with van der Waals surface area (Å²) in [5, 5.41) is 0. The summed E-state index contributed by atoms with van der Waals surface area (Å²) < 4.78 is 7.61. The van der Waals surface area contributed by atoms with Gasteiger partial charge >= 0.3 is 0 Å². The van der Waals surface area contributed by atoms with Crippen molar-refractivity contribution in [2.75, 3.05) is 0 Å².